The Morgan fingerprint density at radius 1 is 1.13 bits per heavy atom. The summed E-state index contributed by atoms with van der Waals surface area (Å²) in [6.45, 7) is 0.418. The number of nitrogens with one attached hydrogen (secondary N) is 1. The zero-order valence-electron chi connectivity index (χ0n) is 12.5. The average molecular weight is 312 g/mol. The number of hydrogen-bond acceptors (Lipinski definition) is 2. The second-order valence-corrected chi connectivity index (χ2v) is 5.50. The first kappa shape index (κ1) is 15.2. The van der Waals surface area contributed by atoms with Gasteiger partial charge in [-0.2, -0.15) is 0 Å². The molecule has 1 aliphatic heterocycles. The monoisotopic (exact) mass is 312 g/mol. The van der Waals surface area contributed by atoms with Gasteiger partial charge in [-0.25, -0.2) is 4.39 Å². The number of halogens is 1. The molecular formula is C18H17FN2O2. The number of hydrogen-bond donors (Lipinski definition) is 1. The lowest BCUT2D eigenvalue weighted by molar-refractivity contribution is -0.124. The van der Waals surface area contributed by atoms with Crippen molar-refractivity contribution < 1.29 is 14.0 Å². The first-order valence-electron chi connectivity index (χ1n) is 7.54. The molecule has 118 valence electrons. The Labute approximate surface area is 133 Å². The summed E-state index contributed by atoms with van der Waals surface area (Å²) in [7, 11) is 0. The molecule has 0 aromatic heterocycles. The molecule has 1 atom stereocenters. The molecule has 5 heteroatoms. The van der Waals surface area contributed by atoms with Gasteiger partial charge in [0, 0.05) is 18.7 Å². The van der Waals surface area contributed by atoms with Crippen molar-refractivity contribution in [1.29, 1.82) is 0 Å². The average Bonchev–Trinajstić information content (AvgIpc) is 2.96. The molecule has 1 heterocycles. The lowest BCUT2D eigenvalue weighted by Gasteiger charge is -2.24. The van der Waals surface area contributed by atoms with E-state index in [9.17, 15) is 14.0 Å². The van der Waals surface area contributed by atoms with Crippen molar-refractivity contribution in [3.63, 3.8) is 0 Å². The summed E-state index contributed by atoms with van der Waals surface area (Å²) in [5.41, 5.74) is 1.55. The van der Waals surface area contributed by atoms with Gasteiger partial charge >= 0.3 is 0 Å². The van der Waals surface area contributed by atoms with Crippen LogP contribution in [0.5, 0.6) is 0 Å². The molecule has 23 heavy (non-hydrogen) atoms. The normalized spacial score (nSPS) is 17.3. The van der Waals surface area contributed by atoms with Crippen LogP contribution in [0.25, 0.3) is 0 Å². The highest BCUT2D eigenvalue weighted by Gasteiger charge is 2.36. The molecule has 0 bridgehead atoms. The second-order valence-electron chi connectivity index (χ2n) is 5.50. The smallest absolute Gasteiger partial charge is 0.243 e. The number of benzene rings is 2. The molecule has 1 N–H and O–H groups in total. The van der Waals surface area contributed by atoms with E-state index < -0.39 is 6.04 Å². The third-order valence-electron chi connectivity index (χ3n) is 3.93. The minimum atomic E-state index is -0.545. The van der Waals surface area contributed by atoms with Crippen LogP contribution in [0.3, 0.4) is 0 Å². The molecule has 2 aromatic rings. The molecule has 0 spiro atoms. The van der Waals surface area contributed by atoms with E-state index in [1.54, 1.807) is 0 Å². The van der Waals surface area contributed by atoms with Crippen molar-refractivity contribution in [3.8, 4) is 0 Å². The van der Waals surface area contributed by atoms with E-state index in [4.69, 9.17) is 0 Å². The van der Waals surface area contributed by atoms with Crippen LogP contribution in [-0.2, 0) is 16.1 Å². The van der Waals surface area contributed by atoms with E-state index in [-0.39, 0.29) is 17.6 Å². The standard InChI is InChI=1S/C18H17FN2O2/c19-14-6-8-15(9-7-14)21-16(10-11-17(21)22)18(23)20-12-13-4-2-1-3-5-13/h1-9,16H,10-12H2,(H,20,23). The molecule has 0 aliphatic carbocycles. The van der Waals surface area contributed by atoms with Gasteiger partial charge in [0.25, 0.3) is 0 Å². The van der Waals surface area contributed by atoms with Crippen LogP contribution < -0.4 is 10.2 Å². The fourth-order valence-corrected chi connectivity index (χ4v) is 2.76. The summed E-state index contributed by atoms with van der Waals surface area (Å²) in [6.07, 6.45) is 0.789. The van der Waals surface area contributed by atoms with Crippen LogP contribution in [0.15, 0.2) is 54.6 Å². The topological polar surface area (TPSA) is 49.4 Å². The number of carbonyl (C=O) groups is 2. The lowest BCUT2D eigenvalue weighted by atomic mass is 10.1. The minimum absolute atomic E-state index is 0.114. The molecule has 1 fully saturated rings. The Kier molecular flexibility index (Phi) is 4.37. The van der Waals surface area contributed by atoms with Crippen LogP contribution in [-0.4, -0.2) is 17.9 Å². The van der Waals surface area contributed by atoms with E-state index >= 15 is 0 Å². The van der Waals surface area contributed by atoms with Gasteiger partial charge in [0.1, 0.15) is 11.9 Å². The van der Waals surface area contributed by atoms with Gasteiger partial charge in [-0.1, -0.05) is 30.3 Å². The maximum absolute atomic E-state index is 13.1. The molecule has 1 saturated heterocycles. The van der Waals surface area contributed by atoms with E-state index in [0.29, 0.717) is 25.1 Å². The molecule has 2 amide bonds. The predicted molar refractivity (Wildman–Crippen MR) is 85.2 cm³/mol. The first-order chi connectivity index (χ1) is 11.1. The zero-order chi connectivity index (χ0) is 16.2. The Hall–Kier alpha value is -2.69. The highest BCUT2D eigenvalue weighted by atomic mass is 19.1. The van der Waals surface area contributed by atoms with Gasteiger partial charge in [-0.3, -0.25) is 14.5 Å². The quantitative estimate of drug-likeness (QED) is 0.943. The molecule has 3 rings (SSSR count). The molecule has 0 radical (unpaired) electrons. The van der Waals surface area contributed by atoms with E-state index in [1.807, 2.05) is 30.3 Å². The molecule has 1 aliphatic rings. The van der Waals surface area contributed by atoms with Gasteiger partial charge in [0.15, 0.2) is 0 Å². The van der Waals surface area contributed by atoms with Crippen LogP contribution >= 0.6 is 0 Å². The number of nitrogens with zero attached hydrogens (tertiary/aromatic N) is 1. The molecular weight excluding hydrogens is 295 g/mol. The van der Waals surface area contributed by atoms with Crippen LogP contribution in [0.4, 0.5) is 10.1 Å². The summed E-state index contributed by atoms with van der Waals surface area (Å²) < 4.78 is 13.1. The van der Waals surface area contributed by atoms with Gasteiger partial charge in [0.05, 0.1) is 0 Å². The number of amides is 2. The summed E-state index contributed by atoms with van der Waals surface area (Å²) >= 11 is 0. The Morgan fingerprint density at radius 3 is 2.52 bits per heavy atom. The fourth-order valence-electron chi connectivity index (χ4n) is 2.76. The fraction of sp³-hybridized carbons (Fsp3) is 0.222. The maximum Gasteiger partial charge on any atom is 0.243 e. The molecule has 0 saturated carbocycles. The SMILES string of the molecule is O=C(NCc1ccccc1)C1CCC(=O)N1c1ccc(F)cc1. The van der Waals surface area contributed by atoms with Crippen molar-refractivity contribution in [2.75, 3.05) is 4.90 Å². The summed E-state index contributed by atoms with van der Waals surface area (Å²) in [5.74, 6) is -0.675. The largest absolute Gasteiger partial charge is 0.350 e. The Morgan fingerprint density at radius 2 is 1.83 bits per heavy atom. The minimum Gasteiger partial charge on any atom is -0.350 e. The van der Waals surface area contributed by atoms with Crippen molar-refractivity contribution in [3.05, 3.63) is 66.0 Å². The lowest BCUT2D eigenvalue weighted by Crippen LogP contribution is -2.44. The van der Waals surface area contributed by atoms with E-state index in [1.165, 1.54) is 29.2 Å². The van der Waals surface area contributed by atoms with Gasteiger partial charge in [-0.05, 0) is 36.2 Å². The number of rotatable bonds is 4. The predicted octanol–water partition coefficient (Wildman–Crippen LogP) is 2.64. The third-order valence-corrected chi connectivity index (χ3v) is 3.93. The van der Waals surface area contributed by atoms with Gasteiger partial charge < -0.3 is 5.32 Å². The highest BCUT2D eigenvalue weighted by Crippen LogP contribution is 2.27. The summed E-state index contributed by atoms with van der Waals surface area (Å²) in [5, 5.41) is 2.87. The Bertz CT molecular complexity index is 701. The zero-order valence-corrected chi connectivity index (χ0v) is 12.5. The highest BCUT2D eigenvalue weighted by molar-refractivity contribution is 6.03. The van der Waals surface area contributed by atoms with Crippen molar-refractivity contribution in [2.45, 2.75) is 25.4 Å². The number of anilines is 1. The van der Waals surface area contributed by atoms with E-state index in [0.717, 1.165) is 5.56 Å². The Balaban J connectivity index is 1.71. The van der Waals surface area contributed by atoms with Crippen LogP contribution in [0.1, 0.15) is 18.4 Å². The second kappa shape index (κ2) is 6.60. The van der Waals surface area contributed by atoms with Crippen molar-refractivity contribution in [1.82, 2.24) is 5.32 Å². The maximum atomic E-state index is 13.1. The van der Waals surface area contributed by atoms with Crippen molar-refractivity contribution in [2.24, 2.45) is 0 Å². The first-order valence-corrected chi connectivity index (χ1v) is 7.54. The summed E-state index contributed by atoms with van der Waals surface area (Å²) in [4.78, 5) is 26.0. The molecule has 1 unspecified atom stereocenters. The summed E-state index contributed by atoms with van der Waals surface area (Å²) in [6, 6.07) is 14.7. The van der Waals surface area contributed by atoms with Crippen LogP contribution in [0.2, 0.25) is 0 Å². The van der Waals surface area contributed by atoms with Crippen LogP contribution in [0, 0.1) is 5.82 Å². The molecule has 2 aromatic carbocycles. The van der Waals surface area contributed by atoms with Gasteiger partial charge in [0.2, 0.25) is 11.8 Å². The third kappa shape index (κ3) is 3.39. The van der Waals surface area contributed by atoms with Crippen molar-refractivity contribution >= 4 is 17.5 Å². The number of carbonyl (C=O) groups excluding carboxylic acids is 2. The van der Waals surface area contributed by atoms with E-state index in [2.05, 4.69) is 5.32 Å². The van der Waals surface area contributed by atoms with Gasteiger partial charge in [-0.15, -0.1) is 0 Å². The molecule has 4 nitrogen and oxygen atoms in total.